The summed E-state index contributed by atoms with van der Waals surface area (Å²) in [6.45, 7) is 4.12. The molecule has 1 fully saturated rings. The Balaban J connectivity index is 2.18. The highest BCUT2D eigenvalue weighted by atomic mass is 16.3. The van der Waals surface area contributed by atoms with Crippen LogP contribution in [0, 0.1) is 0 Å². The summed E-state index contributed by atoms with van der Waals surface area (Å²) in [6.07, 6.45) is 3.39. The molecule has 3 N–H and O–H groups in total. The molecular weight excluding hydrogens is 242 g/mol. The van der Waals surface area contributed by atoms with Crippen molar-refractivity contribution in [2.45, 2.75) is 25.4 Å². The molecule has 0 unspecified atom stereocenters. The molecular formula is C13H23N5O. The van der Waals surface area contributed by atoms with Crippen molar-refractivity contribution in [3.05, 3.63) is 11.8 Å². The van der Waals surface area contributed by atoms with E-state index < -0.39 is 5.60 Å². The summed E-state index contributed by atoms with van der Waals surface area (Å²) in [7, 11) is 3.95. The SMILES string of the molecule is CCc1cnc(N)nc1N1CC[C@](O)(CN(C)C)C1. The summed E-state index contributed by atoms with van der Waals surface area (Å²) in [5, 5.41) is 10.6. The first-order valence-corrected chi connectivity index (χ1v) is 6.67. The average Bonchev–Trinajstić information content (AvgIpc) is 2.70. The summed E-state index contributed by atoms with van der Waals surface area (Å²) >= 11 is 0. The van der Waals surface area contributed by atoms with E-state index in [1.807, 2.05) is 19.0 Å². The number of nitrogens with zero attached hydrogens (tertiary/aromatic N) is 4. The fraction of sp³-hybridized carbons (Fsp3) is 0.692. The maximum Gasteiger partial charge on any atom is 0.221 e. The van der Waals surface area contributed by atoms with Crippen LogP contribution in [0.15, 0.2) is 6.20 Å². The largest absolute Gasteiger partial charge is 0.387 e. The van der Waals surface area contributed by atoms with Crippen LogP contribution in [0.2, 0.25) is 0 Å². The van der Waals surface area contributed by atoms with Gasteiger partial charge in [0, 0.05) is 31.4 Å². The van der Waals surface area contributed by atoms with Gasteiger partial charge in [0.1, 0.15) is 5.82 Å². The van der Waals surface area contributed by atoms with E-state index in [4.69, 9.17) is 5.73 Å². The molecule has 0 bridgehead atoms. The van der Waals surface area contributed by atoms with E-state index in [-0.39, 0.29) is 5.95 Å². The molecule has 2 heterocycles. The van der Waals surface area contributed by atoms with Gasteiger partial charge in [-0.25, -0.2) is 4.98 Å². The van der Waals surface area contributed by atoms with Crippen LogP contribution in [0.4, 0.5) is 11.8 Å². The monoisotopic (exact) mass is 265 g/mol. The number of aromatic nitrogens is 2. The van der Waals surface area contributed by atoms with Crippen molar-refractivity contribution >= 4 is 11.8 Å². The quantitative estimate of drug-likeness (QED) is 0.805. The molecule has 1 saturated heterocycles. The van der Waals surface area contributed by atoms with Gasteiger partial charge < -0.3 is 20.6 Å². The topological polar surface area (TPSA) is 78.5 Å². The molecule has 1 aromatic rings. The summed E-state index contributed by atoms with van der Waals surface area (Å²) < 4.78 is 0. The molecule has 1 aromatic heterocycles. The normalized spacial score (nSPS) is 23.3. The Morgan fingerprint density at radius 1 is 1.53 bits per heavy atom. The summed E-state index contributed by atoms with van der Waals surface area (Å²) in [5.41, 5.74) is 6.08. The lowest BCUT2D eigenvalue weighted by Crippen LogP contribution is -2.42. The van der Waals surface area contributed by atoms with Crippen molar-refractivity contribution in [3.8, 4) is 0 Å². The molecule has 106 valence electrons. The molecule has 0 radical (unpaired) electrons. The highest BCUT2D eigenvalue weighted by Gasteiger charge is 2.37. The molecule has 1 aliphatic rings. The first-order chi connectivity index (χ1) is 8.93. The third-order valence-electron chi connectivity index (χ3n) is 3.48. The van der Waals surface area contributed by atoms with Crippen molar-refractivity contribution in [1.29, 1.82) is 0 Å². The Bertz CT molecular complexity index is 451. The van der Waals surface area contributed by atoms with Crippen LogP contribution in [0.5, 0.6) is 0 Å². The van der Waals surface area contributed by atoms with E-state index in [0.29, 0.717) is 13.1 Å². The van der Waals surface area contributed by atoms with E-state index >= 15 is 0 Å². The number of aryl methyl sites for hydroxylation is 1. The van der Waals surface area contributed by atoms with Crippen molar-refractivity contribution in [2.75, 3.05) is 44.4 Å². The van der Waals surface area contributed by atoms with Crippen LogP contribution in [0.3, 0.4) is 0 Å². The molecule has 0 aliphatic carbocycles. The van der Waals surface area contributed by atoms with Crippen molar-refractivity contribution < 1.29 is 5.11 Å². The maximum absolute atomic E-state index is 10.6. The zero-order chi connectivity index (χ0) is 14.0. The first kappa shape index (κ1) is 14.0. The predicted molar refractivity (Wildman–Crippen MR) is 76.2 cm³/mol. The predicted octanol–water partition coefficient (Wildman–Crippen LogP) is 0.124. The summed E-state index contributed by atoms with van der Waals surface area (Å²) in [5.74, 6) is 1.15. The van der Waals surface area contributed by atoms with E-state index in [2.05, 4.69) is 21.8 Å². The Labute approximate surface area is 114 Å². The molecule has 2 rings (SSSR count). The standard InChI is InChI=1S/C13H23N5O/c1-4-10-7-15-12(14)16-11(10)18-6-5-13(19,9-18)8-17(2)3/h7,19H,4-6,8-9H2,1-3H3,(H2,14,15,16)/t13-/m0/s1. The minimum atomic E-state index is -0.672. The Kier molecular flexibility index (Phi) is 3.91. The van der Waals surface area contributed by atoms with Gasteiger partial charge in [0.05, 0.1) is 5.60 Å². The first-order valence-electron chi connectivity index (χ1n) is 6.67. The number of nitrogens with two attached hydrogens (primary N) is 1. The summed E-state index contributed by atoms with van der Waals surface area (Å²) in [6, 6.07) is 0. The number of aliphatic hydroxyl groups is 1. The van der Waals surface area contributed by atoms with Crippen LogP contribution >= 0.6 is 0 Å². The number of hydrogen-bond acceptors (Lipinski definition) is 6. The average molecular weight is 265 g/mol. The molecule has 1 aliphatic heterocycles. The van der Waals surface area contributed by atoms with Crippen LogP contribution in [-0.4, -0.2) is 59.3 Å². The van der Waals surface area contributed by atoms with E-state index in [9.17, 15) is 5.11 Å². The van der Waals surface area contributed by atoms with Gasteiger partial charge >= 0.3 is 0 Å². The second-order valence-electron chi connectivity index (χ2n) is 5.56. The minimum Gasteiger partial charge on any atom is -0.387 e. The fourth-order valence-corrected chi connectivity index (χ4v) is 2.69. The Morgan fingerprint density at radius 2 is 2.26 bits per heavy atom. The van der Waals surface area contributed by atoms with Crippen LogP contribution in [0.25, 0.3) is 0 Å². The van der Waals surface area contributed by atoms with Gasteiger partial charge in [0.25, 0.3) is 0 Å². The number of rotatable bonds is 4. The smallest absolute Gasteiger partial charge is 0.221 e. The van der Waals surface area contributed by atoms with Crippen LogP contribution in [0.1, 0.15) is 18.9 Å². The number of hydrogen-bond donors (Lipinski definition) is 2. The lowest BCUT2D eigenvalue weighted by atomic mass is 10.0. The second-order valence-corrected chi connectivity index (χ2v) is 5.56. The number of nitrogen functional groups attached to an aromatic ring is 1. The van der Waals surface area contributed by atoms with E-state index in [1.165, 1.54) is 0 Å². The fourth-order valence-electron chi connectivity index (χ4n) is 2.69. The van der Waals surface area contributed by atoms with Crippen molar-refractivity contribution in [3.63, 3.8) is 0 Å². The second kappa shape index (κ2) is 5.30. The molecule has 6 nitrogen and oxygen atoms in total. The van der Waals surface area contributed by atoms with Gasteiger partial charge in [-0.15, -0.1) is 0 Å². The van der Waals surface area contributed by atoms with E-state index in [0.717, 1.165) is 30.8 Å². The lowest BCUT2D eigenvalue weighted by Gasteiger charge is -2.27. The molecule has 0 spiro atoms. The van der Waals surface area contributed by atoms with Gasteiger partial charge in [-0.1, -0.05) is 6.92 Å². The minimum absolute atomic E-state index is 0.287. The Morgan fingerprint density at radius 3 is 2.89 bits per heavy atom. The van der Waals surface area contributed by atoms with Gasteiger partial charge in [0.2, 0.25) is 5.95 Å². The van der Waals surface area contributed by atoms with Crippen LogP contribution in [-0.2, 0) is 6.42 Å². The molecule has 0 amide bonds. The van der Waals surface area contributed by atoms with Gasteiger partial charge in [-0.3, -0.25) is 0 Å². The van der Waals surface area contributed by atoms with Crippen LogP contribution < -0.4 is 10.6 Å². The molecule has 6 heteroatoms. The zero-order valence-corrected chi connectivity index (χ0v) is 11.9. The molecule has 1 atom stereocenters. The van der Waals surface area contributed by atoms with Gasteiger partial charge in [-0.2, -0.15) is 4.98 Å². The molecule has 0 aromatic carbocycles. The third kappa shape index (κ3) is 3.13. The Hall–Kier alpha value is -1.40. The highest BCUT2D eigenvalue weighted by Crippen LogP contribution is 2.28. The molecule has 19 heavy (non-hydrogen) atoms. The van der Waals surface area contributed by atoms with E-state index in [1.54, 1.807) is 6.20 Å². The third-order valence-corrected chi connectivity index (χ3v) is 3.48. The maximum atomic E-state index is 10.6. The lowest BCUT2D eigenvalue weighted by molar-refractivity contribution is 0.0365. The van der Waals surface area contributed by atoms with Gasteiger partial charge in [0.15, 0.2) is 0 Å². The van der Waals surface area contributed by atoms with Crippen molar-refractivity contribution in [1.82, 2.24) is 14.9 Å². The molecule has 0 saturated carbocycles. The zero-order valence-electron chi connectivity index (χ0n) is 11.9. The summed E-state index contributed by atoms with van der Waals surface area (Å²) in [4.78, 5) is 12.5. The number of β-amino-alcohol motifs (C(OH)–C–C–N with tert-alkyl or cyclic N) is 1. The van der Waals surface area contributed by atoms with Gasteiger partial charge in [-0.05, 0) is 26.9 Å². The van der Waals surface area contributed by atoms with Crippen molar-refractivity contribution in [2.24, 2.45) is 0 Å². The highest BCUT2D eigenvalue weighted by molar-refractivity contribution is 5.50. The number of anilines is 2. The number of likely N-dealkylation sites (N-methyl/N-ethyl adjacent to an activating group) is 1.